The third-order valence-electron chi connectivity index (χ3n) is 4.24. The highest BCUT2D eigenvalue weighted by atomic mass is 32.2. The molecule has 3 aromatic carbocycles. The molecule has 0 atom stereocenters. The van der Waals surface area contributed by atoms with E-state index in [0.29, 0.717) is 5.56 Å². The molecule has 0 aliphatic rings. The highest BCUT2D eigenvalue weighted by molar-refractivity contribution is 7.92. The van der Waals surface area contributed by atoms with Crippen LogP contribution in [0.1, 0.15) is 15.9 Å². The number of hydrazine groups is 1. The van der Waals surface area contributed by atoms with Crippen LogP contribution in [0.5, 0.6) is 0 Å². The first-order chi connectivity index (χ1) is 13.8. The van der Waals surface area contributed by atoms with Gasteiger partial charge in [0.05, 0.1) is 10.6 Å². The number of benzene rings is 3. The number of hydrogen-bond donors (Lipinski definition) is 2. The van der Waals surface area contributed by atoms with Crippen molar-refractivity contribution >= 4 is 27.3 Å². The summed E-state index contributed by atoms with van der Waals surface area (Å²) in [5, 5.41) is 1.56. The number of hydrogen-bond acceptors (Lipinski definition) is 4. The number of halogens is 1. The van der Waals surface area contributed by atoms with Gasteiger partial charge in [-0.1, -0.05) is 30.3 Å². The number of nitrogens with one attached hydrogen (secondary N) is 2. The Morgan fingerprint density at radius 2 is 1.69 bits per heavy atom. The minimum atomic E-state index is -3.99. The molecule has 1 amide bonds. The van der Waals surface area contributed by atoms with Crippen molar-refractivity contribution in [2.75, 3.05) is 16.8 Å². The first-order valence-electron chi connectivity index (χ1n) is 8.75. The summed E-state index contributed by atoms with van der Waals surface area (Å²) in [5.74, 6) is -1.01. The smallest absolute Gasteiger partial charge is 0.269 e. The summed E-state index contributed by atoms with van der Waals surface area (Å²) in [6, 6.07) is 19.0. The minimum absolute atomic E-state index is 0.195. The molecular weight excluding hydrogens is 393 g/mol. The van der Waals surface area contributed by atoms with Crippen LogP contribution in [0, 0.1) is 12.7 Å². The van der Waals surface area contributed by atoms with Gasteiger partial charge in [-0.3, -0.25) is 20.0 Å². The van der Waals surface area contributed by atoms with Crippen LogP contribution in [0.2, 0.25) is 0 Å². The molecule has 0 saturated carbocycles. The van der Waals surface area contributed by atoms with Gasteiger partial charge >= 0.3 is 0 Å². The fourth-order valence-corrected chi connectivity index (χ4v) is 3.67. The van der Waals surface area contributed by atoms with E-state index in [1.807, 2.05) is 30.3 Å². The zero-order chi connectivity index (χ0) is 21.0. The van der Waals surface area contributed by atoms with Crippen molar-refractivity contribution in [1.29, 1.82) is 0 Å². The molecule has 0 spiro atoms. The van der Waals surface area contributed by atoms with Crippen molar-refractivity contribution in [3.63, 3.8) is 0 Å². The summed E-state index contributed by atoms with van der Waals surface area (Å²) in [4.78, 5) is 12.3. The van der Waals surface area contributed by atoms with E-state index in [1.54, 1.807) is 31.1 Å². The molecular formula is C21H20FN3O3S. The van der Waals surface area contributed by atoms with Crippen LogP contribution >= 0.6 is 0 Å². The van der Waals surface area contributed by atoms with Gasteiger partial charge in [-0.25, -0.2) is 12.8 Å². The van der Waals surface area contributed by atoms with E-state index in [2.05, 4.69) is 10.1 Å². The summed E-state index contributed by atoms with van der Waals surface area (Å²) in [7, 11) is -2.29. The summed E-state index contributed by atoms with van der Waals surface area (Å²) in [6.45, 7) is 1.55. The summed E-state index contributed by atoms with van der Waals surface area (Å²) in [6.07, 6.45) is 0. The van der Waals surface area contributed by atoms with Gasteiger partial charge in [-0.15, -0.1) is 0 Å². The van der Waals surface area contributed by atoms with E-state index in [-0.39, 0.29) is 16.1 Å². The third-order valence-corrected chi connectivity index (χ3v) is 5.62. The topological polar surface area (TPSA) is 78.5 Å². The van der Waals surface area contributed by atoms with Gasteiger partial charge in [0, 0.05) is 18.3 Å². The average Bonchev–Trinajstić information content (AvgIpc) is 2.70. The molecule has 0 unspecified atom stereocenters. The van der Waals surface area contributed by atoms with E-state index in [0.717, 1.165) is 11.8 Å². The van der Waals surface area contributed by atoms with Crippen molar-refractivity contribution < 1.29 is 17.6 Å². The summed E-state index contributed by atoms with van der Waals surface area (Å²) < 4.78 is 41.1. The number of nitrogens with zero attached hydrogens (tertiary/aromatic N) is 1. The molecule has 8 heteroatoms. The second-order valence-corrected chi connectivity index (χ2v) is 8.12. The van der Waals surface area contributed by atoms with Crippen LogP contribution in [0.15, 0.2) is 77.7 Å². The maximum atomic E-state index is 13.7. The number of sulfonamides is 1. The number of rotatable bonds is 6. The van der Waals surface area contributed by atoms with Crippen LogP contribution in [0.4, 0.5) is 15.8 Å². The Hall–Kier alpha value is -3.39. The predicted molar refractivity (Wildman–Crippen MR) is 111 cm³/mol. The van der Waals surface area contributed by atoms with Crippen LogP contribution < -0.4 is 15.2 Å². The van der Waals surface area contributed by atoms with Gasteiger partial charge in [0.2, 0.25) is 0 Å². The number of para-hydroxylation sites is 1. The summed E-state index contributed by atoms with van der Waals surface area (Å²) in [5.41, 5.74) is 4.32. The summed E-state index contributed by atoms with van der Waals surface area (Å²) >= 11 is 0. The normalized spacial score (nSPS) is 11.0. The molecule has 6 nitrogen and oxygen atoms in total. The maximum Gasteiger partial charge on any atom is 0.269 e. The first-order valence-corrected chi connectivity index (χ1v) is 10.2. The predicted octanol–water partition coefficient (Wildman–Crippen LogP) is 3.72. The monoisotopic (exact) mass is 413 g/mol. The molecule has 0 saturated heterocycles. The number of aryl methyl sites for hydroxylation is 1. The Bertz CT molecular complexity index is 1130. The quantitative estimate of drug-likeness (QED) is 0.604. The van der Waals surface area contributed by atoms with Crippen molar-refractivity contribution in [2.24, 2.45) is 0 Å². The number of anilines is 2. The van der Waals surface area contributed by atoms with Gasteiger partial charge in [0.25, 0.3) is 15.9 Å². The van der Waals surface area contributed by atoms with E-state index in [1.165, 1.54) is 24.3 Å². The maximum absolute atomic E-state index is 13.7. The Morgan fingerprint density at radius 3 is 2.38 bits per heavy atom. The van der Waals surface area contributed by atoms with E-state index >= 15 is 0 Å². The molecule has 0 radical (unpaired) electrons. The second-order valence-electron chi connectivity index (χ2n) is 6.43. The van der Waals surface area contributed by atoms with E-state index in [9.17, 15) is 17.6 Å². The van der Waals surface area contributed by atoms with Gasteiger partial charge in [-0.2, -0.15) is 0 Å². The molecule has 0 aliphatic heterocycles. The lowest BCUT2D eigenvalue weighted by atomic mass is 10.2. The van der Waals surface area contributed by atoms with Crippen molar-refractivity contribution in [3.8, 4) is 0 Å². The molecule has 0 aromatic heterocycles. The fourth-order valence-electron chi connectivity index (χ4n) is 2.61. The molecule has 3 rings (SSSR count). The van der Waals surface area contributed by atoms with Gasteiger partial charge in [0.1, 0.15) is 5.82 Å². The van der Waals surface area contributed by atoms with Gasteiger partial charge in [0.15, 0.2) is 0 Å². The molecule has 0 fully saturated rings. The largest absolute Gasteiger partial charge is 0.288 e. The van der Waals surface area contributed by atoms with Crippen LogP contribution in [-0.2, 0) is 10.0 Å². The van der Waals surface area contributed by atoms with E-state index in [4.69, 9.17) is 0 Å². The Kier molecular flexibility index (Phi) is 5.84. The number of carbonyl (C=O) groups is 1. The SMILES string of the molecule is Cc1ccc(S(=O)(=O)Nc2cccc(C(=O)NN(C)c3ccccc3)c2)cc1F. The number of amides is 1. The van der Waals surface area contributed by atoms with Gasteiger partial charge < -0.3 is 0 Å². The molecule has 0 aliphatic carbocycles. The molecule has 29 heavy (non-hydrogen) atoms. The van der Waals surface area contributed by atoms with Crippen LogP contribution in [-0.4, -0.2) is 21.4 Å². The lowest BCUT2D eigenvalue weighted by Gasteiger charge is -2.20. The fraction of sp³-hybridized carbons (Fsp3) is 0.0952. The van der Waals surface area contributed by atoms with Crippen LogP contribution in [0.3, 0.4) is 0 Å². The zero-order valence-electron chi connectivity index (χ0n) is 15.9. The first kappa shape index (κ1) is 20.3. The molecule has 2 N–H and O–H groups in total. The van der Waals surface area contributed by atoms with Crippen molar-refractivity contribution in [3.05, 3.63) is 89.7 Å². The Morgan fingerprint density at radius 1 is 0.966 bits per heavy atom. The lowest BCUT2D eigenvalue weighted by molar-refractivity contribution is 0.0951. The molecule has 0 bridgehead atoms. The molecule has 3 aromatic rings. The molecule has 0 heterocycles. The van der Waals surface area contributed by atoms with Crippen LogP contribution in [0.25, 0.3) is 0 Å². The average molecular weight is 413 g/mol. The van der Waals surface area contributed by atoms with Crippen molar-refractivity contribution in [2.45, 2.75) is 11.8 Å². The third kappa shape index (κ3) is 4.91. The zero-order valence-corrected chi connectivity index (χ0v) is 16.7. The van der Waals surface area contributed by atoms with E-state index < -0.39 is 21.7 Å². The number of carbonyl (C=O) groups excluding carboxylic acids is 1. The highest BCUT2D eigenvalue weighted by Crippen LogP contribution is 2.19. The molecule has 150 valence electrons. The second kappa shape index (κ2) is 8.32. The van der Waals surface area contributed by atoms with Gasteiger partial charge in [-0.05, 0) is 55.0 Å². The standard InChI is InChI=1S/C21H20FN3O3S/c1-15-11-12-19(14-20(15)22)29(27,28)24-17-8-6-7-16(13-17)21(26)23-25(2)18-9-4-3-5-10-18/h3-14,24H,1-2H3,(H,23,26). The Labute approximate surface area is 169 Å². The Balaban J connectivity index is 1.76. The lowest BCUT2D eigenvalue weighted by Crippen LogP contribution is -2.39. The highest BCUT2D eigenvalue weighted by Gasteiger charge is 2.17. The van der Waals surface area contributed by atoms with Crippen molar-refractivity contribution in [1.82, 2.24) is 5.43 Å². The minimum Gasteiger partial charge on any atom is -0.288 e.